The van der Waals surface area contributed by atoms with Crippen LogP contribution in [0.3, 0.4) is 0 Å². The lowest BCUT2D eigenvalue weighted by atomic mass is 9.62. The van der Waals surface area contributed by atoms with Crippen molar-refractivity contribution >= 4 is 11.8 Å². The van der Waals surface area contributed by atoms with Gasteiger partial charge in [0.1, 0.15) is 11.4 Å². The molecule has 124 heavy (non-hydrogen) atoms. The molecule has 1 atom stereocenters. The van der Waals surface area contributed by atoms with Gasteiger partial charge in [-0.3, -0.25) is 48.8 Å². The average Bonchev–Trinajstić information content (AvgIpc) is 1.02. The molecule has 0 unspecified atom stereocenters. The van der Waals surface area contributed by atoms with E-state index in [0.29, 0.717) is 92.3 Å². The topological polar surface area (TPSA) is 101 Å². The van der Waals surface area contributed by atoms with Gasteiger partial charge in [0.05, 0.1) is 26.1 Å². The molecule has 9 fully saturated rings. The Morgan fingerprint density at radius 2 is 0.637 bits per heavy atom. The van der Waals surface area contributed by atoms with Crippen LogP contribution in [0, 0.1) is 38.9 Å². The number of amides is 2. The lowest BCUT2D eigenvalue weighted by molar-refractivity contribution is -0.136. The van der Waals surface area contributed by atoms with Crippen molar-refractivity contribution in [3.05, 3.63) is 29.8 Å². The van der Waals surface area contributed by atoms with Crippen molar-refractivity contribution in [1.82, 2.24) is 58.8 Å². The van der Waals surface area contributed by atoms with Crippen LogP contribution in [0.1, 0.15) is 364 Å². The van der Waals surface area contributed by atoms with Gasteiger partial charge in [0.25, 0.3) is 0 Å². The zero-order valence-corrected chi connectivity index (χ0v) is 89.3. The summed E-state index contributed by atoms with van der Waals surface area (Å²) >= 11 is 0. The molecule has 0 aliphatic carbocycles. The molecule has 1 spiro atoms. The van der Waals surface area contributed by atoms with Crippen molar-refractivity contribution in [2.24, 2.45) is 38.9 Å². The summed E-state index contributed by atoms with van der Waals surface area (Å²) < 4.78 is 17.2. The third-order valence-electron chi connectivity index (χ3n) is 29.5. The number of ether oxygens (including phenoxy) is 3. The number of rotatable bonds is 18. The molecular formula is C107H208N12O5. The fourth-order valence-corrected chi connectivity index (χ4v) is 19.5. The molecule has 0 bridgehead atoms. The predicted octanol–water partition coefficient (Wildman–Crippen LogP) is 21.3. The maximum absolute atomic E-state index is 12.5. The molecule has 17 nitrogen and oxygen atoms in total. The molecule has 0 aromatic heterocycles. The minimum Gasteiger partial charge on any atom is -0.488 e. The normalized spacial score (nSPS) is 22.4. The van der Waals surface area contributed by atoms with Crippen molar-refractivity contribution < 1.29 is 23.8 Å². The molecule has 0 radical (unpaired) electrons. The Hall–Kier alpha value is -2.52. The maximum atomic E-state index is 12.5. The molecule has 2 amide bonds. The van der Waals surface area contributed by atoms with E-state index in [1.165, 1.54) is 201 Å². The summed E-state index contributed by atoms with van der Waals surface area (Å²) in [4.78, 5) is 54.9. The van der Waals surface area contributed by atoms with Crippen LogP contribution in [0.25, 0.3) is 0 Å². The summed E-state index contributed by atoms with van der Waals surface area (Å²) in [7, 11) is 0. The first-order chi connectivity index (χ1) is 56.6. The van der Waals surface area contributed by atoms with Crippen LogP contribution in [0.4, 0.5) is 0 Å². The Morgan fingerprint density at radius 1 is 0.331 bits per heavy atom. The number of hydrogen-bond donors (Lipinski definition) is 0. The van der Waals surface area contributed by atoms with Gasteiger partial charge < -0.3 is 33.8 Å². The predicted molar refractivity (Wildman–Crippen MR) is 533 cm³/mol. The van der Waals surface area contributed by atoms with E-state index >= 15 is 0 Å². The third kappa shape index (κ3) is 40.9. The molecule has 0 N–H and O–H groups in total. The second kappa shape index (κ2) is 47.4. The summed E-state index contributed by atoms with van der Waals surface area (Å²) in [5.41, 5.74) is 6.04. The van der Waals surface area contributed by atoms with Crippen molar-refractivity contribution in [1.29, 1.82) is 0 Å². The third-order valence-corrected chi connectivity index (χ3v) is 29.5. The average molecular weight is 1740 g/mol. The van der Waals surface area contributed by atoms with Crippen LogP contribution >= 0.6 is 0 Å². The molecule has 9 saturated heterocycles. The van der Waals surface area contributed by atoms with Gasteiger partial charge in [-0.1, -0.05) is 81.4 Å². The van der Waals surface area contributed by atoms with Crippen molar-refractivity contribution in [3.8, 4) is 5.75 Å². The number of nitrogens with zero attached hydrogens (tertiary/aromatic N) is 12. The maximum Gasteiger partial charge on any atom is 0.224 e. The summed E-state index contributed by atoms with van der Waals surface area (Å²) in [6.45, 7) is 118. The highest BCUT2D eigenvalue weighted by atomic mass is 16.5. The minimum absolute atomic E-state index is 0.125. The largest absolute Gasteiger partial charge is 0.488 e. The Balaban J connectivity index is 0.000000266. The van der Waals surface area contributed by atoms with Gasteiger partial charge in [0.15, 0.2) is 0 Å². The quantitative estimate of drug-likeness (QED) is 0.130. The van der Waals surface area contributed by atoms with Crippen LogP contribution in [0.5, 0.6) is 5.75 Å². The van der Waals surface area contributed by atoms with Crippen LogP contribution in [0.2, 0.25) is 0 Å². The van der Waals surface area contributed by atoms with Crippen molar-refractivity contribution in [2.75, 3.05) is 197 Å². The SMILES string of the molecule is CC(C)(C)CCCOCCC(=O)N1CCC2(CC1)CCN(C(C)(C)C)CC2.CC(C)(C)CCCOCCC(=O)N1CCN(C(C)(C)C)CC1.CC(C)(C)N1CCC(C)(C(C)(C)C)CC1.CC(C)(C)N1CCN(CC2CN(C(C)(C)C)C2)CC1.CC(C)(C)N1CCN(C[C@@H]2CCN(C(C)(C)C)C2)CC1.CC(C)(C)Oc1ccc(C2CCN(C(C)(C)C)CC2)cc1. The minimum atomic E-state index is -0.125. The zero-order chi connectivity index (χ0) is 93.7. The smallest absolute Gasteiger partial charge is 0.224 e. The van der Waals surface area contributed by atoms with E-state index < -0.39 is 0 Å². The summed E-state index contributed by atoms with van der Waals surface area (Å²) in [5.74, 6) is 3.98. The standard InChI is InChI=1S/C23H44N2O2.C19H31NO.C18H36N2O2.C17H35N3.C16H33N3.C14H29N/c1-21(2,3)9-7-18-27-19-8-20(26)24-14-10-23(11-15-24)12-16-25(17-13-23)22(4,5)6;1-18(2,3)20-13-11-16(12-14-20)15-7-9-17(10-8-15)21-19(4,5)6;1-17(2,3)9-7-14-22-15-8-16(21)19-10-12-20(13-11-19)18(4,5)6;1-16(2,3)19-11-9-18(10-12-19)13-15-7-8-20(14-15)17(4,5)6;1-15(2,3)18-9-7-17(8-10-18)11-14-12-19(13-14)16(4,5)6;1-12(2,3)14(7)8-10-15(11-9-14)13(4,5)6/h7-19H2,1-6H3;7-10,16H,11-14H2,1-6H3;7-15H2,1-6H3;15H,7-14H2,1-6H3;14H,7-13H2,1-6H3;8-11H2,1-7H3/t;;;15-;;/m...0../s1. The highest BCUT2D eigenvalue weighted by Crippen LogP contribution is 2.48. The van der Waals surface area contributed by atoms with Crippen molar-refractivity contribution in [3.63, 3.8) is 0 Å². The molecule has 10 rings (SSSR count). The first kappa shape index (κ1) is 112. The summed E-state index contributed by atoms with van der Waals surface area (Å²) in [5, 5.41) is 0. The van der Waals surface area contributed by atoms with E-state index in [1.54, 1.807) is 0 Å². The lowest BCUT2D eigenvalue weighted by Crippen LogP contribution is -2.60. The monoisotopic (exact) mass is 1740 g/mol. The molecule has 0 saturated carbocycles. The summed E-state index contributed by atoms with van der Waals surface area (Å²) in [6.07, 6.45) is 17.1. The Bertz CT molecular complexity index is 3120. The second-order valence-electron chi connectivity index (χ2n) is 52.4. The molecule has 1 aromatic carbocycles. The molecule has 9 heterocycles. The van der Waals surface area contributed by atoms with E-state index in [9.17, 15) is 9.59 Å². The highest BCUT2D eigenvalue weighted by molar-refractivity contribution is 5.76. The zero-order valence-electron chi connectivity index (χ0n) is 89.3. The molecule has 9 aliphatic heterocycles. The van der Waals surface area contributed by atoms with Crippen LogP contribution in [-0.4, -0.2) is 317 Å². The fraction of sp³-hybridized carbons (Fsp3) is 0.925. The van der Waals surface area contributed by atoms with E-state index in [1.807, 2.05) is 4.90 Å². The highest BCUT2D eigenvalue weighted by Gasteiger charge is 2.44. The lowest BCUT2D eigenvalue weighted by Gasteiger charge is -2.50. The number of likely N-dealkylation sites (tertiary alicyclic amines) is 6. The number of piperidine rings is 4. The van der Waals surface area contributed by atoms with Gasteiger partial charge >= 0.3 is 0 Å². The first-order valence-electron chi connectivity index (χ1n) is 50.6. The van der Waals surface area contributed by atoms with Gasteiger partial charge in [0, 0.05) is 182 Å². The van der Waals surface area contributed by atoms with Crippen LogP contribution in [0.15, 0.2) is 24.3 Å². The van der Waals surface area contributed by atoms with E-state index in [2.05, 4.69) is 334 Å². The van der Waals surface area contributed by atoms with Crippen LogP contribution in [-0.2, 0) is 19.1 Å². The van der Waals surface area contributed by atoms with Gasteiger partial charge in [0.2, 0.25) is 11.8 Å². The number of benzene rings is 1. The summed E-state index contributed by atoms with van der Waals surface area (Å²) in [6, 6.07) is 8.74. The van der Waals surface area contributed by atoms with Crippen LogP contribution < -0.4 is 4.74 Å². The van der Waals surface area contributed by atoms with Gasteiger partial charge in [-0.05, 0) is 379 Å². The fourth-order valence-electron chi connectivity index (χ4n) is 19.5. The van der Waals surface area contributed by atoms with Gasteiger partial charge in [-0.15, -0.1) is 0 Å². The molecule has 726 valence electrons. The van der Waals surface area contributed by atoms with E-state index in [-0.39, 0.29) is 28.5 Å². The number of carbonyl (C=O) groups is 2. The first-order valence-corrected chi connectivity index (χ1v) is 50.6. The van der Waals surface area contributed by atoms with E-state index in [4.69, 9.17) is 14.2 Å². The molecule has 9 aliphatic rings. The Labute approximate surface area is 769 Å². The molecule has 1 aromatic rings. The number of carbonyl (C=O) groups excluding carboxylic acids is 2. The number of piperazine rings is 3. The Kier molecular flexibility index (Phi) is 42.8. The molecule has 17 heteroatoms. The van der Waals surface area contributed by atoms with E-state index in [0.717, 1.165) is 89.3 Å². The number of hydrogen-bond acceptors (Lipinski definition) is 15. The second-order valence-corrected chi connectivity index (χ2v) is 52.4. The Morgan fingerprint density at radius 3 is 0.976 bits per heavy atom. The van der Waals surface area contributed by atoms with Gasteiger partial charge in [-0.2, -0.15) is 0 Å². The van der Waals surface area contributed by atoms with Gasteiger partial charge in [-0.25, -0.2) is 0 Å². The molecular weight excluding hydrogens is 1530 g/mol. The van der Waals surface area contributed by atoms with Crippen molar-refractivity contribution in [2.45, 2.75) is 408 Å².